The number of hydrogen-bond donors (Lipinski definition) is 3. The summed E-state index contributed by atoms with van der Waals surface area (Å²) in [6, 6.07) is 4.89. The second-order valence-corrected chi connectivity index (χ2v) is 7.43. The van der Waals surface area contributed by atoms with Gasteiger partial charge in [-0.25, -0.2) is 9.78 Å². The Morgan fingerprint density at radius 3 is 2.50 bits per heavy atom. The van der Waals surface area contributed by atoms with Crippen molar-refractivity contribution in [2.24, 2.45) is 11.1 Å². The molecule has 1 unspecified atom stereocenters. The van der Waals surface area contributed by atoms with Crippen LogP contribution in [0.2, 0.25) is 0 Å². The number of anilines is 1. The van der Waals surface area contributed by atoms with Crippen molar-refractivity contribution in [3.63, 3.8) is 0 Å². The molecular weight excluding hydrogens is 332 g/mol. The molecule has 1 atom stereocenters. The van der Waals surface area contributed by atoms with Crippen LogP contribution in [0.3, 0.4) is 0 Å². The molecular formula is C19H24N4O3. The van der Waals surface area contributed by atoms with Gasteiger partial charge in [0.15, 0.2) is 0 Å². The van der Waals surface area contributed by atoms with Gasteiger partial charge in [-0.1, -0.05) is 26.8 Å². The van der Waals surface area contributed by atoms with Gasteiger partial charge in [0.05, 0.1) is 22.9 Å². The first-order chi connectivity index (χ1) is 12.1. The highest BCUT2D eigenvalue weighted by Crippen LogP contribution is 2.32. The molecule has 0 aliphatic heterocycles. The van der Waals surface area contributed by atoms with E-state index in [0.717, 1.165) is 12.0 Å². The molecule has 7 nitrogen and oxygen atoms in total. The lowest BCUT2D eigenvalue weighted by atomic mass is 9.85. The number of nitrogens with one attached hydrogen (secondary N) is 1. The fourth-order valence-corrected chi connectivity index (χ4v) is 2.73. The Morgan fingerprint density at radius 1 is 1.31 bits per heavy atom. The molecule has 2 aromatic heterocycles. The van der Waals surface area contributed by atoms with Crippen molar-refractivity contribution < 1.29 is 14.7 Å². The van der Waals surface area contributed by atoms with E-state index in [-0.39, 0.29) is 28.4 Å². The number of nitrogens with zero attached hydrogens (tertiary/aromatic N) is 2. The number of carboxylic acids is 1. The molecule has 0 aliphatic rings. The molecule has 26 heavy (non-hydrogen) atoms. The molecule has 0 saturated heterocycles. The monoisotopic (exact) mass is 356 g/mol. The van der Waals surface area contributed by atoms with Crippen molar-refractivity contribution in [1.82, 2.24) is 9.97 Å². The Morgan fingerprint density at radius 2 is 2.00 bits per heavy atom. The van der Waals surface area contributed by atoms with E-state index in [1.165, 1.54) is 6.07 Å². The molecule has 2 heterocycles. The summed E-state index contributed by atoms with van der Waals surface area (Å²) >= 11 is 0. The Bertz CT molecular complexity index is 814. The van der Waals surface area contributed by atoms with E-state index in [9.17, 15) is 14.7 Å². The average molecular weight is 356 g/mol. The molecule has 4 N–H and O–H groups in total. The van der Waals surface area contributed by atoms with Crippen LogP contribution in [0.4, 0.5) is 5.82 Å². The first-order valence-electron chi connectivity index (χ1n) is 8.29. The topological polar surface area (TPSA) is 118 Å². The van der Waals surface area contributed by atoms with Crippen molar-refractivity contribution in [3.05, 3.63) is 53.0 Å². The predicted octanol–water partition coefficient (Wildman–Crippen LogP) is 3.17. The molecule has 0 fully saturated rings. The maximum Gasteiger partial charge on any atom is 0.337 e. The molecule has 0 spiro atoms. The molecule has 0 radical (unpaired) electrons. The van der Waals surface area contributed by atoms with Gasteiger partial charge in [-0.2, -0.15) is 0 Å². The van der Waals surface area contributed by atoms with Gasteiger partial charge in [-0.05, 0) is 36.5 Å². The van der Waals surface area contributed by atoms with Gasteiger partial charge in [-0.3, -0.25) is 9.78 Å². The lowest BCUT2D eigenvalue weighted by Gasteiger charge is -2.28. The number of nitrogens with two attached hydrogens (primary N) is 1. The molecule has 0 saturated carbocycles. The summed E-state index contributed by atoms with van der Waals surface area (Å²) in [5.74, 6) is -1.61. The maximum atomic E-state index is 11.8. The Kier molecular flexibility index (Phi) is 5.59. The van der Waals surface area contributed by atoms with Crippen molar-refractivity contribution in [3.8, 4) is 0 Å². The highest BCUT2D eigenvalue weighted by molar-refractivity contribution is 6.00. The minimum atomic E-state index is -1.15. The molecule has 0 aromatic carbocycles. The Hall–Kier alpha value is -2.96. The number of carbonyl (C=O) groups excluding carboxylic acids is 1. The second kappa shape index (κ2) is 7.51. The van der Waals surface area contributed by atoms with E-state index in [1.54, 1.807) is 19.3 Å². The summed E-state index contributed by atoms with van der Waals surface area (Å²) < 4.78 is 0. The fraction of sp³-hybridized carbons (Fsp3) is 0.368. The summed E-state index contributed by atoms with van der Waals surface area (Å²) in [7, 11) is 0. The number of carbonyl (C=O) groups is 2. The SMILES string of the molecule is Cc1nc(NC(CC(C)(C)C)c2cccnc2)c(C(N)=O)cc1C(=O)O. The lowest BCUT2D eigenvalue weighted by Crippen LogP contribution is -2.23. The minimum absolute atomic E-state index is 0.00353. The van der Waals surface area contributed by atoms with E-state index in [4.69, 9.17) is 5.73 Å². The largest absolute Gasteiger partial charge is 0.478 e. The quantitative estimate of drug-likeness (QED) is 0.731. The Labute approximate surface area is 152 Å². The summed E-state index contributed by atoms with van der Waals surface area (Å²) in [5, 5.41) is 12.5. The number of aromatic carboxylic acids is 1. The summed E-state index contributed by atoms with van der Waals surface area (Å²) in [6.07, 6.45) is 4.20. The lowest BCUT2D eigenvalue weighted by molar-refractivity contribution is 0.0695. The van der Waals surface area contributed by atoms with Gasteiger partial charge in [0.2, 0.25) is 0 Å². The van der Waals surface area contributed by atoms with Crippen molar-refractivity contribution in [2.45, 2.75) is 40.2 Å². The van der Waals surface area contributed by atoms with Gasteiger partial charge in [0.1, 0.15) is 5.82 Å². The number of pyridine rings is 2. The van der Waals surface area contributed by atoms with E-state index in [0.29, 0.717) is 5.69 Å². The number of carboxylic acid groups (broad SMARTS) is 1. The van der Waals surface area contributed by atoms with Crippen molar-refractivity contribution >= 4 is 17.7 Å². The number of aromatic nitrogens is 2. The van der Waals surface area contributed by atoms with Crippen LogP contribution in [-0.2, 0) is 0 Å². The zero-order valence-electron chi connectivity index (χ0n) is 15.4. The van der Waals surface area contributed by atoms with Crippen LogP contribution in [0.1, 0.15) is 65.2 Å². The summed E-state index contributed by atoms with van der Waals surface area (Å²) in [4.78, 5) is 31.6. The van der Waals surface area contributed by atoms with Gasteiger partial charge in [-0.15, -0.1) is 0 Å². The van der Waals surface area contributed by atoms with Gasteiger partial charge >= 0.3 is 5.97 Å². The molecule has 7 heteroatoms. The normalized spacial score (nSPS) is 12.5. The number of aryl methyl sites for hydroxylation is 1. The number of rotatable bonds is 6. The molecule has 1 amide bonds. The number of amides is 1. The van der Waals surface area contributed by atoms with Crippen LogP contribution < -0.4 is 11.1 Å². The summed E-state index contributed by atoms with van der Waals surface area (Å²) in [6.45, 7) is 7.92. The van der Waals surface area contributed by atoms with Crippen LogP contribution >= 0.6 is 0 Å². The number of hydrogen-bond acceptors (Lipinski definition) is 5. The smallest absolute Gasteiger partial charge is 0.337 e. The average Bonchev–Trinajstić information content (AvgIpc) is 2.53. The van der Waals surface area contributed by atoms with Gasteiger partial charge < -0.3 is 16.2 Å². The van der Waals surface area contributed by atoms with Gasteiger partial charge in [0, 0.05) is 12.4 Å². The molecule has 0 aliphatic carbocycles. The van der Waals surface area contributed by atoms with Crippen LogP contribution in [0, 0.1) is 12.3 Å². The van der Waals surface area contributed by atoms with E-state index in [2.05, 4.69) is 36.1 Å². The van der Waals surface area contributed by atoms with Crippen molar-refractivity contribution in [2.75, 3.05) is 5.32 Å². The summed E-state index contributed by atoms with van der Waals surface area (Å²) in [5.41, 5.74) is 6.71. The first-order valence-corrected chi connectivity index (χ1v) is 8.29. The highest BCUT2D eigenvalue weighted by atomic mass is 16.4. The van der Waals surface area contributed by atoms with Crippen LogP contribution in [-0.4, -0.2) is 27.0 Å². The van der Waals surface area contributed by atoms with Crippen LogP contribution in [0.25, 0.3) is 0 Å². The molecule has 0 bridgehead atoms. The standard InChI is InChI=1S/C19H24N4O3/c1-11-13(18(25)26)8-14(16(20)24)17(22-11)23-15(9-19(2,3)4)12-6-5-7-21-10-12/h5-8,10,15H,9H2,1-4H3,(H2,20,24)(H,22,23)(H,25,26). The molecule has 2 rings (SSSR count). The van der Waals surface area contributed by atoms with Crippen molar-refractivity contribution in [1.29, 1.82) is 0 Å². The Balaban J connectivity index is 2.49. The third-order valence-electron chi connectivity index (χ3n) is 3.92. The third kappa shape index (κ3) is 4.78. The minimum Gasteiger partial charge on any atom is -0.478 e. The van der Waals surface area contributed by atoms with Crippen LogP contribution in [0.15, 0.2) is 30.6 Å². The first kappa shape index (κ1) is 19.4. The highest BCUT2D eigenvalue weighted by Gasteiger charge is 2.24. The van der Waals surface area contributed by atoms with Crippen LogP contribution in [0.5, 0.6) is 0 Å². The van der Waals surface area contributed by atoms with E-state index in [1.807, 2.05) is 12.1 Å². The third-order valence-corrected chi connectivity index (χ3v) is 3.92. The zero-order chi connectivity index (χ0) is 19.5. The molecule has 2 aromatic rings. The fourth-order valence-electron chi connectivity index (χ4n) is 2.73. The van der Waals surface area contributed by atoms with E-state index < -0.39 is 11.9 Å². The van der Waals surface area contributed by atoms with Gasteiger partial charge in [0.25, 0.3) is 5.91 Å². The number of primary amides is 1. The predicted molar refractivity (Wildman–Crippen MR) is 99.1 cm³/mol. The molecule has 138 valence electrons. The maximum absolute atomic E-state index is 11.8. The second-order valence-electron chi connectivity index (χ2n) is 7.43. The van der Waals surface area contributed by atoms with E-state index >= 15 is 0 Å². The zero-order valence-corrected chi connectivity index (χ0v) is 15.4.